The zero-order chi connectivity index (χ0) is 21.1. The molecule has 4 heterocycles. The lowest BCUT2D eigenvalue weighted by Gasteiger charge is -2.52. The van der Waals surface area contributed by atoms with Crippen molar-refractivity contribution < 1.29 is 18.6 Å². The van der Waals surface area contributed by atoms with Crippen molar-refractivity contribution in [3.05, 3.63) is 29.6 Å². The maximum atomic E-state index is 14.1. The Morgan fingerprint density at radius 1 is 1.13 bits per heavy atom. The molecule has 1 aromatic rings. The second kappa shape index (κ2) is 7.33. The van der Waals surface area contributed by atoms with Gasteiger partial charge in [-0.2, -0.15) is 5.26 Å². The highest BCUT2D eigenvalue weighted by Gasteiger charge is 2.52. The summed E-state index contributed by atoms with van der Waals surface area (Å²) < 4.78 is 31.9. The lowest BCUT2D eigenvalue weighted by atomic mass is 9.65. The van der Waals surface area contributed by atoms with Crippen LogP contribution in [0.5, 0.6) is 5.75 Å². The van der Waals surface area contributed by atoms with Gasteiger partial charge >= 0.3 is 0 Å². The van der Waals surface area contributed by atoms with Crippen LogP contribution in [-0.2, 0) is 9.47 Å². The zero-order valence-electron chi connectivity index (χ0n) is 17.9. The molecule has 1 aromatic carbocycles. The van der Waals surface area contributed by atoms with Crippen molar-refractivity contribution in [3.63, 3.8) is 0 Å². The molecule has 6 nitrogen and oxygen atoms in total. The van der Waals surface area contributed by atoms with Gasteiger partial charge in [0.25, 0.3) is 0 Å². The highest BCUT2D eigenvalue weighted by molar-refractivity contribution is 5.38. The summed E-state index contributed by atoms with van der Waals surface area (Å²) in [5, 5.41) is 9.01. The fourth-order valence-electron chi connectivity index (χ4n) is 6.31. The first-order chi connectivity index (χ1) is 15.1. The number of rotatable bonds is 4. The Bertz CT molecular complexity index is 877. The summed E-state index contributed by atoms with van der Waals surface area (Å²) in [4.78, 5) is 4.30. The van der Waals surface area contributed by atoms with E-state index in [0.29, 0.717) is 17.4 Å². The van der Waals surface area contributed by atoms with E-state index in [2.05, 4.69) is 11.1 Å². The molecule has 0 radical (unpaired) electrons. The second-order valence-electron chi connectivity index (χ2n) is 10.4. The molecule has 0 bridgehead atoms. The van der Waals surface area contributed by atoms with Gasteiger partial charge in [-0.1, -0.05) is 0 Å². The van der Waals surface area contributed by atoms with Crippen LogP contribution < -0.4 is 4.74 Å². The lowest BCUT2D eigenvalue weighted by molar-refractivity contribution is -0.191. The minimum Gasteiger partial charge on any atom is -0.490 e. The summed E-state index contributed by atoms with van der Waals surface area (Å²) in [5.74, 6) is 1.02. The van der Waals surface area contributed by atoms with Crippen molar-refractivity contribution in [3.8, 4) is 11.9 Å². The van der Waals surface area contributed by atoms with Crippen LogP contribution in [0.2, 0.25) is 0 Å². The monoisotopic (exact) mass is 427 g/mol. The minimum atomic E-state index is -0.180. The van der Waals surface area contributed by atoms with Crippen LogP contribution in [0.1, 0.15) is 43.6 Å². The highest BCUT2D eigenvalue weighted by Crippen LogP contribution is 2.49. The van der Waals surface area contributed by atoms with Crippen molar-refractivity contribution in [2.75, 3.05) is 46.0 Å². The summed E-state index contributed by atoms with van der Waals surface area (Å²) in [6.07, 6.45) is 7.57. The highest BCUT2D eigenvalue weighted by atomic mass is 19.1. The molecule has 6 rings (SSSR count). The topological polar surface area (TPSA) is 58.0 Å². The van der Waals surface area contributed by atoms with Crippen molar-refractivity contribution in [1.82, 2.24) is 9.80 Å². The second-order valence-corrected chi connectivity index (χ2v) is 10.4. The quantitative estimate of drug-likeness (QED) is 0.689. The number of nitrogens with zero attached hydrogens (tertiary/aromatic N) is 3. The first-order valence-corrected chi connectivity index (χ1v) is 11.6. The van der Waals surface area contributed by atoms with Crippen molar-refractivity contribution in [2.45, 2.75) is 55.8 Å². The van der Waals surface area contributed by atoms with E-state index in [1.165, 1.54) is 6.07 Å². The van der Waals surface area contributed by atoms with Crippen molar-refractivity contribution >= 4 is 0 Å². The van der Waals surface area contributed by atoms with Gasteiger partial charge < -0.3 is 19.1 Å². The van der Waals surface area contributed by atoms with Gasteiger partial charge in [0.05, 0.1) is 32.9 Å². The molecule has 1 unspecified atom stereocenters. The fraction of sp³-hybridized carbons (Fsp3) is 0.708. The molecule has 1 saturated carbocycles. The van der Waals surface area contributed by atoms with Gasteiger partial charge in [0.15, 0.2) is 6.19 Å². The van der Waals surface area contributed by atoms with Crippen LogP contribution in [0.4, 0.5) is 4.39 Å². The normalized spacial score (nSPS) is 29.9. The molecule has 4 saturated heterocycles. The van der Waals surface area contributed by atoms with Gasteiger partial charge in [-0.25, -0.2) is 4.39 Å². The Hall–Kier alpha value is -1.88. The van der Waals surface area contributed by atoms with E-state index in [9.17, 15) is 4.39 Å². The Morgan fingerprint density at radius 3 is 2.58 bits per heavy atom. The van der Waals surface area contributed by atoms with E-state index < -0.39 is 0 Å². The Kier molecular flexibility index (Phi) is 4.68. The van der Waals surface area contributed by atoms with Crippen molar-refractivity contribution in [1.29, 1.82) is 5.26 Å². The fourth-order valence-corrected chi connectivity index (χ4v) is 6.31. The maximum absolute atomic E-state index is 14.1. The summed E-state index contributed by atoms with van der Waals surface area (Å²) in [5.41, 5.74) is 1.29. The number of hydrogen-bond acceptors (Lipinski definition) is 6. The molecule has 1 atom stereocenters. The van der Waals surface area contributed by atoms with Crippen molar-refractivity contribution in [2.24, 2.45) is 5.41 Å². The van der Waals surface area contributed by atoms with Gasteiger partial charge in [0.2, 0.25) is 0 Å². The molecule has 31 heavy (non-hydrogen) atoms. The van der Waals surface area contributed by atoms with Crippen LogP contribution >= 0.6 is 0 Å². The first kappa shape index (κ1) is 19.8. The van der Waals surface area contributed by atoms with Gasteiger partial charge in [0.1, 0.15) is 23.3 Å². The van der Waals surface area contributed by atoms with Gasteiger partial charge in [-0.3, -0.25) is 4.90 Å². The molecule has 7 heteroatoms. The smallest absolute Gasteiger partial charge is 0.179 e. The molecule has 0 N–H and O–H groups in total. The van der Waals surface area contributed by atoms with E-state index >= 15 is 0 Å². The lowest BCUT2D eigenvalue weighted by Crippen LogP contribution is -2.59. The van der Waals surface area contributed by atoms with E-state index in [-0.39, 0.29) is 17.5 Å². The van der Waals surface area contributed by atoms with Gasteiger partial charge in [0, 0.05) is 17.0 Å². The Morgan fingerprint density at radius 2 is 1.90 bits per heavy atom. The standard InChI is InChI=1S/C24H30FN3O3/c25-18-1-2-22(31-20-9-23(10-20)14-29-15-23)21(7-18)17-3-5-28(6-4-17)19-8-24(30-11-19)12-27(13-24)16-26/h1-2,7,17,19-20H,3-6,8-15H2. The summed E-state index contributed by atoms with van der Waals surface area (Å²) >= 11 is 0. The number of ether oxygens (including phenoxy) is 3. The number of piperidine rings is 1. The molecule has 5 fully saturated rings. The van der Waals surface area contributed by atoms with Crippen LogP contribution in [0.25, 0.3) is 0 Å². The maximum Gasteiger partial charge on any atom is 0.179 e. The van der Waals surface area contributed by atoms with E-state index in [1.54, 1.807) is 11.0 Å². The zero-order valence-corrected chi connectivity index (χ0v) is 17.9. The molecule has 4 aliphatic heterocycles. The van der Waals surface area contributed by atoms with Gasteiger partial charge in [-0.15, -0.1) is 0 Å². The molecular formula is C24H30FN3O3. The summed E-state index contributed by atoms with van der Waals surface area (Å²) in [7, 11) is 0. The number of likely N-dealkylation sites (tertiary alicyclic amines) is 2. The van der Waals surface area contributed by atoms with E-state index in [0.717, 1.165) is 89.4 Å². The van der Waals surface area contributed by atoms with E-state index in [4.69, 9.17) is 19.5 Å². The molecule has 1 aliphatic carbocycles. The molecular weight excluding hydrogens is 397 g/mol. The Balaban J connectivity index is 1.06. The summed E-state index contributed by atoms with van der Waals surface area (Å²) in [6, 6.07) is 5.47. The SMILES string of the molecule is N#CN1CC2(CC(N3CCC(c4cc(F)ccc4OC4CC5(COC5)C4)CC3)CO2)C1. The van der Waals surface area contributed by atoms with E-state index in [1.807, 2.05) is 6.07 Å². The third kappa shape index (κ3) is 3.49. The minimum absolute atomic E-state index is 0.105. The number of halogens is 1. The number of nitriles is 1. The van der Waals surface area contributed by atoms with Crippen LogP contribution in [-0.4, -0.2) is 73.5 Å². The molecule has 5 aliphatic rings. The summed E-state index contributed by atoms with van der Waals surface area (Å²) in [6.45, 7) is 5.94. The van der Waals surface area contributed by atoms with Crippen LogP contribution in [0, 0.1) is 22.7 Å². The molecule has 166 valence electrons. The largest absolute Gasteiger partial charge is 0.490 e. The van der Waals surface area contributed by atoms with Crippen LogP contribution in [0.15, 0.2) is 18.2 Å². The predicted molar refractivity (Wildman–Crippen MR) is 111 cm³/mol. The van der Waals surface area contributed by atoms with Crippen LogP contribution in [0.3, 0.4) is 0 Å². The first-order valence-electron chi connectivity index (χ1n) is 11.6. The third-order valence-electron chi connectivity index (χ3n) is 8.18. The van der Waals surface area contributed by atoms with Gasteiger partial charge in [-0.05, 0) is 69.3 Å². The predicted octanol–water partition coefficient (Wildman–Crippen LogP) is 2.89. The Labute approximate surface area is 182 Å². The molecule has 0 aromatic heterocycles. The third-order valence-corrected chi connectivity index (χ3v) is 8.18. The molecule has 0 amide bonds. The molecule has 2 spiro atoms. The number of hydrogen-bond donors (Lipinski definition) is 0. The average molecular weight is 428 g/mol. The number of benzene rings is 1. The average Bonchev–Trinajstić information content (AvgIpc) is 3.14.